The SMILES string of the molecule is O=C(CC1CCCC1)N1CCC[C@H](c2nc3c(nnn3Cc3cccc(Cl)c3)c(=O)[nH]2)C1. The number of aromatic amines is 1. The highest BCUT2D eigenvalue weighted by Crippen LogP contribution is 2.30. The van der Waals surface area contributed by atoms with Crippen LogP contribution in [-0.4, -0.2) is 48.9 Å². The van der Waals surface area contributed by atoms with Crippen LogP contribution in [-0.2, 0) is 11.3 Å². The summed E-state index contributed by atoms with van der Waals surface area (Å²) in [6.45, 7) is 1.79. The number of halogens is 1. The van der Waals surface area contributed by atoms with Crippen molar-refractivity contribution < 1.29 is 4.79 Å². The van der Waals surface area contributed by atoms with Crippen LogP contribution in [0.2, 0.25) is 5.02 Å². The van der Waals surface area contributed by atoms with Gasteiger partial charge in [0.05, 0.1) is 6.54 Å². The third-order valence-electron chi connectivity index (χ3n) is 6.71. The zero-order chi connectivity index (χ0) is 22.1. The number of nitrogens with zero attached hydrogens (tertiary/aromatic N) is 5. The van der Waals surface area contributed by atoms with Gasteiger partial charge in [0.2, 0.25) is 5.91 Å². The van der Waals surface area contributed by atoms with Gasteiger partial charge in [-0.25, -0.2) is 9.67 Å². The number of rotatable bonds is 5. The third kappa shape index (κ3) is 4.41. The summed E-state index contributed by atoms with van der Waals surface area (Å²) in [5.74, 6) is 1.38. The number of nitrogens with one attached hydrogen (secondary N) is 1. The number of benzene rings is 1. The molecule has 1 aliphatic heterocycles. The molecule has 9 heteroatoms. The molecule has 1 saturated carbocycles. The van der Waals surface area contributed by atoms with Crippen LogP contribution < -0.4 is 5.56 Å². The summed E-state index contributed by atoms with van der Waals surface area (Å²) in [4.78, 5) is 35.1. The average Bonchev–Trinajstić information content (AvgIpc) is 3.44. The second kappa shape index (κ2) is 9.02. The van der Waals surface area contributed by atoms with Crippen LogP contribution in [0.1, 0.15) is 62.3 Å². The zero-order valence-electron chi connectivity index (χ0n) is 18.0. The fraction of sp³-hybridized carbons (Fsp3) is 0.522. The Labute approximate surface area is 191 Å². The maximum Gasteiger partial charge on any atom is 0.281 e. The molecule has 1 saturated heterocycles. The van der Waals surface area contributed by atoms with Crippen molar-refractivity contribution in [3.63, 3.8) is 0 Å². The van der Waals surface area contributed by atoms with Gasteiger partial charge in [0.25, 0.3) is 5.56 Å². The van der Waals surface area contributed by atoms with Crippen LogP contribution in [0.3, 0.4) is 0 Å². The largest absolute Gasteiger partial charge is 0.342 e. The lowest BCUT2D eigenvalue weighted by molar-refractivity contribution is -0.133. The summed E-state index contributed by atoms with van der Waals surface area (Å²) < 4.78 is 1.63. The molecular weight excluding hydrogens is 428 g/mol. The lowest BCUT2D eigenvalue weighted by Gasteiger charge is -2.33. The molecule has 0 radical (unpaired) electrons. The van der Waals surface area contributed by atoms with Crippen LogP contribution in [0.15, 0.2) is 29.1 Å². The van der Waals surface area contributed by atoms with Gasteiger partial charge in [-0.1, -0.05) is 41.8 Å². The van der Waals surface area contributed by atoms with Crippen LogP contribution in [0.25, 0.3) is 11.2 Å². The summed E-state index contributed by atoms with van der Waals surface area (Å²) in [5, 5.41) is 8.82. The Balaban J connectivity index is 1.37. The molecule has 0 spiro atoms. The first-order chi connectivity index (χ1) is 15.6. The van der Waals surface area contributed by atoms with Gasteiger partial charge in [0.1, 0.15) is 5.82 Å². The van der Waals surface area contributed by atoms with E-state index < -0.39 is 0 Å². The maximum atomic E-state index is 12.9. The quantitative estimate of drug-likeness (QED) is 0.636. The van der Waals surface area contributed by atoms with Crippen molar-refractivity contribution in [2.75, 3.05) is 13.1 Å². The van der Waals surface area contributed by atoms with Crippen molar-refractivity contribution in [3.8, 4) is 0 Å². The van der Waals surface area contributed by atoms with E-state index in [1.807, 2.05) is 29.2 Å². The van der Waals surface area contributed by atoms with E-state index in [1.165, 1.54) is 12.8 Å². The molecule has 1 N–H and O–H groups in total. The Hall–Kier alpha value is -2.74. The van der Waals surface area contributed by atoms with E-state index in [9.17, 15) is 9.59 Å². The molecule has 32 heavy (non-hydrogen) atoms. The number of amides is 1. The van der Waals surface area contributed by atoms with Crippen molar-refractivity contribution >= 4 is 28.7 Å². The number of likely N-dealkylation sites (tertiary alicyclic amines) is 1. The van der Waals surface area contributed by atoms with E-state index in [-0.39, 0.29) is 22.9 Å². The molecular formula is C23H27ClN6O2. The summed E-state index contributed by atoms with van der Waals surface area (Å²) in [5.41, 5.74) is 1.34. The number of hydrogen-bond acceptors (Lipinski definition) is 5. The Morgan fingerprint density at radius 3 is 2.84 bits per heavy atom. The lowest BCUT2D eigenvalue weighted by Crippen LogP contribution is -2.40. The molecule has 0 bridgehead atoms. The monoisotopic (exact) mass is 454 g/mol. The Kier molecular flexibility index (Phi) is 5.95. The lowest BCUT2D eigenvalue weighted by atomic mass is 9.95. The molecule has 1 aromatic carbocycles. The minimum atomic E-state index is -0.295. The van der Waals surface area contributed by atoms with Crippen molar-refractivity contribution in [2.45, 2.75) is 57.4 Å². The Morgan fingerprint density at radius 1 is 1.19 bits per heavy atom. The number of H-pyrrole nitrogens is 1. The molecule has 2 fully saturated rings. The van der Waals surface area contributed by atoms with Crippen LogP contribution in [0.4, 0.5) is 0 Å². The number of carbonyl (C=O) groups excluding carboxylic acids is 1. The number of carbonyl (C=O) groups is 1. The zero-order valence-corrected chi connectivity index (χ0v) is 18.7. The van der Waals surface area contributed by atoms with Gasteiger partial charge in [-0.15, -0.1) is 5.10 Å². The van der Waals surface area contributed by atoms with Gasteiger partial charge in [0, 0.05) is 30.5 Å². The number of aromatic nitrogens is 5. The molecule has 1 amide bonds. The van der Waals surface area contributed by atoms with Gasteiger partial charge >= 0.3 is 0 Å². The number of fused-ring (bicyclic) bond motifs is 1. The van der Waals surface area contributed by atoms with Gasteiger partial charge < -0.3 is 9.88 Å². The van der Waals surface area contributed by atoms with E-state index >= 15 is 0 Å². The normalized spacial score (nSPS) is 19.7. The minimum Gasteiger partial charge on any atom is -0.342 e. The van der Waals surface area contributed by atoms with E-state index in [0.29, 0.717) is 41.9 Å². The van der Waals surface area contributed by atoms with Crippen LogP contribution in [0, 0.1) is 5.92 Å². The first kappa shape index (κ1) is 21.1. The first-order valence-corrected chi connectivity index (χ1v) is 11.8. The fourth-order valence-electron chi connectivity index (χ4n) is 5.01. The predicted octanol–water partition coefficient (Wildman–Crippen LogP) is 3.50. The van der Waals surface area contributed by atoms with Crippen molar-refractivity contribution in [1.82, 2.24) is 29.9 Å². The minimum absolute atomic E-state index is 0.00268. The highest BCUT2D eigenvalue weighted by Gasteiger charge is 2.29. The standard InChI is InChI=1S/C23H27ClN6O2/c24-18-9-3-7-16(11-18)13-30-22-20(27-28-30)23(32)26-21(25-22)17-8-4-10-29(14-17)19(31)12-15-5-1-2-6-15/h3,7,9,11,15,17H,1-2,4-6,8,10,12-14H2,(H,25,26,32)/t17-/m0/s1. The molecule has 168 valence electrons. The number of hydrogen-bond donors (Lipinski definition) is 1. The first-order valence-electron chi connectivity index (χ1n) is 11.4. The molecule has 2 aliphatic rings. The van der Waals surface area contributed by atoms with Gasteiger partial charge in [-0.3, -0.25) is 9.59 Å². The highest BCUT2D eigenvalue weighted by atomic mass is 35.5. The second-order valence-electron chi connectivity index (χ2n) is 9.03. The van der Waals surface area contributed by atoms with E-state index in [1.54, 1.807) is 4.68 Å². The molecule has 1 atom stereocenters. The topological polar surface area (TPSA) is 96.8 Å². The molecule has 2 aromatic heterocycles. The van der Waals surface area contributed by atoms with Crippen molar-refractivity contribution in [3.05, 3.63) is 51.0 Å². The summed E-state index contributed by atoms with van der Waals surface area (Å²) in [6, 6.07) is 7.50. The molecule has 3 aromatic rings. The van der Waals surface area contributed by atoms with Gasteiger partial charge in [-0.2, -0.15) is 0 Å². The smallest absolute Gasteiger partial charge is 0.281 e. The maximum absolute atomic E-state index is 12.9. The van der Waals surface area contributed by atoms with Crippen molar-refractivity contribution in [1.29, 1.82) is 0 Å². The molecule has 5 rings (SSSR count). The van der Waals surface area contributed by atoms with Gasteiger partial charge in [0.15, 0.2) is 11.2 Å². The van der Waals surface area contributed by atoms with E-state index in [0.717, 1.165) is 37.8 Å². The van der Waals surface area contributed by atoms with E-state index in [4.69, 9.17) is 16.6 Å². The third-order valence-corrected chi connectivity index (χ3v) is 6.95. The number of piperidine rings is 1. The van der Waals surface area contributed by atoms with Gasteiger partial charge in [-0.05, 0) is 49.3 Å². The Bertz CT molecular complexity index is 1180. The molecule has 3 heterocycles. The van der Waals surface area contributed by atoms with Crippen LogP contribution in [0.5, 0.6) is 0 Å². The molecule has 8 nitrogen and oxygen atoms in total. The average molecular weight is 455 g/mol. The summed E-state index contributed by atoms with van der Waals surface area (Å²) in [6.07, 6.45) is 7.24. The molecule has 1 aliphatic carbocycles. The van der Waals surface area contributed by atoms with Crippen LogP contribution >= 0.6 is 11.6 Å². The highest BCUT2D eigenvalue weighted by molar-refractivity contribution is 6.30. The molecule has 0 unspecified atom stereocenters. The second-order valence-corrected chi connectivity index (χ2v) is 9.47. The summed E-state index contributed by atoms with van der Waals surface area (Å²) >= 11 is 6.10. The predicted molar refractivity (Wildman–Crippen MR) is 122 cm³/mol. The Morgan fingerprint density at radius 2 is 2.03 bits per heavy atom. The van der Waals surface area contributed by atoms with Crippen molar-refractivity contribution in [2.24, 2.45) is 5.92 Å². The van der Waals surface area contributed by atoms with E-state index in [2.05, 4.69) is 15.3 Å². The summed E-state index contributed by atoms with van der Waals surface area (Å²) in [7, 11) is 0. The fourth-order valence-corrected chi connectivity index (χ4v) is 5.22.